The number of carbonyl (C=O) groups is 1. The third-order valence-corrected chi connectivity index (χ3v) is 8.03. The lowest BCUT2D eigenvalue weighted by atomic mass is 9.95. The quantitative estimate of drug-likeness (QED) is 0.189. The molecule has 0 bridgehead atoms. The van der Waals surface area contributed by atoms with Crippen molar-refractivity contribution in [3.8, 4) is 5.75 Å². The van der Waals surface area contributed by atoms with Gasteiger partial charge >= 0.3 is 5.97 Å². The van der Waals surface area contributed by atoms with Gasteiger partial charge in [-0.3, -0.25) is 9.67 Å². The van der Waals surface area contributed by atoms with Crippen molar-refractivity contribution >= 4 is 39.6 Å². The number of hydrogen-bond acceptors (Lipinski definition) is 7. The van der Waals surface area contributed by atoms with Crippen LogP contribution in [0.4, 0.5) is 15.9 Å². The Bertz CT molecular complexity index is 2020. The van der Waals surface area contributed by atoms with Crippen LogP contribution in [0.3, 0.4) is 0 Å². The van der Waals surface area contributed by atoms with Gasteiger partial charge in [-0.1, -0.05) is 24.3 Å². The molecule has 1 fully saturated rings. The van der Waals surface area contributed by atoms with Crippen molar-refractivity contribution in [3.63, 3.8) is 0 Å². The van der Waals surface area contributed by atoms with Gasteiger partial charge in [0.15, 0.2) is 11.6 Å². The molecule has 7 rings (SSSR count). The summed E-state index contributed by atoms with van der Waals surface area (Å²) in [6.45, 7) is 1.01. The third-order valence-electron chi connectivity index (χ3n) is 8.03. The summed E-state index contributed by atoms with van der Waals surface area (Å²) in [6, 6.07) is 21.3. The van der Waals surface area contributed by atoms with Crippen molar-refractivity contribution in [1.82, 2.24) is 24.4 Å². The Morgan fingerprint density at radius 3 is 2.67 bits per heavy atom. The Morgan fingerprint density at radius 2 is 1.87 bits per heavy atom. The summed E-state index contributed by atoms with van der Waals surface area (Å²) in [7, 11) is 0. The third kappa shape index (κ3) is 6.23. The smallest absolute Gasteiger partial charge is 0.335 e. The second-order valence-electron chi connectivity index (χ2n) is 11.1. The van der Waals surface area contributed by atoms with Crippen LogP contribution < -0.4 is 10.1 Å². The number of aromatic nitrogens is 5. The normalized spacial score (nSPS) is 15.0. The molecule has 3 aromatic heterocycles. The molecule has 0 spiro atoms. The number of ether oxygens (including phenoxy) is 1. The number of fused-ring (bicyclic) bond motifs is 2. The van der Waals surface area contributed by atoms with E-state index in [0.29, 0.717) is 24.7 Å². The molecule has 1 aliphatic rings. The fourth-order valence-corrected chi connectivity index (χ4v) is 5.68. The first-order valence-corrected chi connectivity index (χ1v) is 14.8. The molecule has 226 valence electrons. The SMILES string of the molecule is O=C(O)c1ccc(CN=C2CCC(Oc3ccn4ncnc(Nc5ccc6c(cnn6Cc6cccc(F)c6)c5)c34)CC2)cc1. The van der Waals surface area contributed by atoms with E-state index in [4.69, 9.17) is 14.8 Å². The van der Waals surface area contributed by atoms with Crippen LogP contribution >= 0.6 is 0 Å². The number of aliphatic imine (C=N–C) groups is 1. The Labute approximate surface area is 257 Å². The second-order valence-corrected chi connectivity index (χ2v) is 11.1. The minimum Gasteiger partial charge on any atom is -0.488 e. The van der Waals surface area contributed by atoms with E-state index < -0.39 is 5.97 Å². The topological polar surface area (TPSA) is 119 Å². The summed E-state index contributed by atoms with van der Waals surface area (Å²) in [5.74, 6) is 0.150. The predicted molar refractivity (Wildman–Crippen MR) is 169 cm³/mol. The first kappa shape index (κ1) is 28.2. The predicted octanol–water partition coefficient (Wildman–Crippen LogP) is 6.67. The first-order chi connectivity index (χ1) is 22.0. The highest BCUT2D eigenvalue weighted by Gasteiger charge is 2.22. The summed E-state index contributed by atoms with van der Waals surface area (Å²) in [4.78, 5) is 20.4. The van der Waals surface area contributed by atoms with Gasteiger partial charge in [0.1, 0.15) is 17.7 Å². The van der Waals surface area contributed by atoms with Crippen molar-refractivity contribution in [3.05, 3.63) is 114 Å². The van der Waals surface area contributed by atoms with Crippen molar-refractivity contribution in [1.29, 1.82) is 0 Å². The standard InChI is InChI=1S/C34H30FN7O3/c35-26-3-1-2-23(16-26)20-42-30-13-10-28(17-25(30)19-38-42)40-33-32-31(14-15-41(32)39-21-37-33)45-29-11-8-27(9-12-29)36-18-22-4-6-24(7-5-22)34(43)44/h1-7,10,13-17,19,21,29H,8-9,11-12,18,20H2,(H,43,44)(H,37,39,40). The van der Waals surface area contributed by atoms with E-state index in [9.17, 15) is 9.18 Å². The minimum absolute atomic E-state index is 0.0401. The number of carboxylic acid groups (broad SMARTS) is 1. The molecule has 0 atom stereocenters. The lowest BCUT2D eigenvalue weighted by molar-refractivity contribution is 0.0697. The van der Waals surface area contributed by atoms with Gasteiger partial charge in [0.2, 0.25) is 0 Å². The van der Waals surface area contributed by atoms with Crippen LogP contribution in [-0.2, 0) is 13.1 Å². The largest absolute Gasteiger partial charge is 0.488 e. The van der Waals surface area contributed by atoms with Gasteiger partial charge in [0, 0.05) is 29.0 Å². The summed E-state index contributed by atoms with van der Waals surface area (Å²) in [5.41, 5.74) is 5.80. The summed E-state index contributed by atoms with van der Waals surface area (Å²) in [6.07, 6.45) is 8.60. The molecule has 0 aliphatic heterocycles. The summed E-state index contributed by atoms with van der Waals surface area (Å²) in [5, 5.41) is 22.4. The first-order valence-electron chi connectivity index (χ1n) is 14.8. The second kappa shape index (κ2) is 12.2. The number of benzene rings is 3. The molecule has 45 heavy (non-hydrogen) atoms. The molecule has 3 heterocycles. The van der Waals surface area contributed by atoms with Gasteiger partial charge in [0.25, 0.3) is 0 Å². The van der Waals surface area contributed by atoms with Crippen LogP contribution in [0.5, 0.6) is 5.75 Å². The highest BCUT2D eigenvalue weighted by Crippen LogP contribution is 2.32. The fraction of sp³-hybridized carbons (Fsp3) is 0.206. The fourth-order valence-electron chi connectivity index (χ4n) is 5.68. The van der Waals surface area contributed by atoms with Gasteiger partial charge in [0.05, 0.1) is 36.5 Å². The van der Waals surface area contributed by atoms with Crippen LogP contribution in [0.2, 0.25) is 0 Å². The number of nitrogens with zero attached hydrogens (tertiary/aromatic N) is 6. The maximum absolute atomic E-state index is 13.7. The number of anilines is 2. The van der Waals surface area contributed by atoms with E-state index in [1.54, 1.807) is 28.9 Å². The van der Waals surface area contributed by atoms with Crippen molar-refractivity contribution < 1.29 is 19.0 Å². The average molecular weight is 604 g/mol. The minimum atomic E-state index is -0.929. The lowest BCUT2D eigenvalue weighted by Crippen LogP contribution is -2.24. The van der Waals surface area contributed by atoms with Crippen LogP contribution in [0.15, 0.2) is 96.5 Å². The van der Waals surface area contributed by atoms with E-state index in [2.05, 4.69) is 20.5 Å². The lowest BCUT2D eigenvalue weighted by Gasteiger charge is -2.24. The molecule has 11 heteroatoms. The van der Waals surface area contributed by atoms with Crippen LogP contribution in [0.25, 0.3) is 16.4 Å². The zero-order valence-corrected chi connectivity index (χ0v) is 24.3. The van der Waals surface area contributed by atoms with Gasteiger partial charge < -0.3 is 15.2 Å². The number of nitrogens with one attached hydrogen (secondary N) is 1. The van der Waals surface area contributed by atoms with Gasteiger partial charge in [-0.05, 0) is 79.3 Å². The molecule has 10 nitrogen and oxygen atoms in total. The zero-order chi connectivity index (χ0) is 30.8. The monoisotopic (exact) mass is 603 g/mol. The van der Waals surface area contributed by atoms with E-state index in [1.807, 2.05) is 53.3 Å². The van der Waals surface area contributed by atoms with Crippen LogP contribution in [0, 0.1) is 5.82 Å². The summed E-state index contributed by atoms with van der Waals surface area (Å²) < 4.78 is 23.8. The Morgan fingerprint density at radius 1 is 1.02 bits per heavy atom. The highest BCUT2D eigenvalue weighted by molar-refractivity contribution is 5.88. The summed E-state index contributed by atoms with van der Waals surface area (Å²) >= 11 is 0. The average Bonchev–Trinajstić information content (AvgIpc) is 3.65. The number of aromatic carboxylic acids is 1. The molecule has 1 saturated carbocycles. The van der Waals surface area contributed by atoms with E-state index >= 15 is 0 Å². The van der Waals surface area contributed by atoms with Crippen LogP contribution in [-0.4, -0.2) is 47.3 Å². The number of hydrogen-bond donors (Lipinski definition) is 2. The molecule has 0 saturated heterocycles. The van der Waals surface area contributed by atoms with E-state index in [1.165, 1.54) is 18.5 Å². The van der Waals surface area contributed by atoms with Gasteiger partial charge in [-0.15, -0.1) is 0 Å². The number of carboxylic acids is 1. The molecule has 0 amide bonds. The van der Waals surface area contributed by atoms with Crippen molar-refractivity contribution in [2.75, 3.05) is 5.32 Å². The van der Waals surface area contributed by atoms with Crippen LogP contribution in [0.1, 0.15) is 47.2 Å². The Balaban J connectivity index is 1.02. The van der Waals surface area contributed by atoms with Gasteiger partial charge in [-0.2, -0.15) is 10.2 Å². The van der Waals surface area contributed by atoms with Gasteiger partial charge in [-0.25, -0.2) is 18.7 Å². The number of halogens is 1. The maximum Gasteiger partial charge on any atom is 0.335 e. The molecule has 1 aliphatic carbocycles. The van der Waals surface area contributed by atoms with Crippen molar-refractivity contribution in [2.24, 2.45) is 4.99 Å². The molecule has 3 aromatic carbocycles. The van der Waals surface area contributed by atoms with E-state index in [0.717, 1.165) is 64.6 Å². The Hall–Kier alpha value is -5.58. The zero-order valence-electron chi connectivity index (χ0n) is 24.3. The molecule has 0 radical (unpaired) electrons. The van der Waals surface area contributed by atoms with Crippen molar-refractivity contribution in [2.45, 2.75) is 44.9 Å². The Kier molecular flexibility index (Phi) is 7.64. The highest BCUT2D eigenvalue weighted by atomic mass is 19.1. The number of rotatable bonds is 9. The molecular weight excluding hydrogens is 573 g/mol. The van der Waals surface area contributed by atoms with E-state index in [-0.39, 0.29) is 17.5 Å². The molecule has 6 aromatic rings. The maximum atomic E-state index is 13.7. The molecule has 0 unspecified atom stereocenters. The molecular formula is C34H30FN7O3. The molecule has 2 N–H and O–H groups in total.